The normalized spacial score (nSPS) is 21.9. The zero-order valence-electron chi connectivity index (χ0n) is 9.31. The van der Waals surface area contributed by atoms with Crippen LogP contribution in [0.15, 0.2) is 0 Å². The van der Waals surface area contributed by atoms with Crippen LogP contribution in [0.1, 0.15) is 52.4 Å². The SMILES string of the molecule is CCC(N)CC(=O)NC1(C)CCCC1. The molecule has 1 aliphatic carbocycles. The summed E-state index contributed by atoms with van der Waals surface area (Å²) in [4.78, 5) is 11.6. The lowest BCUT2D eigenvalue weighted by Gasteiger charge is -2.25. The van der Waals surface area contributed by atoms with E-state index < -0.39 is 0 Å². The Morgan fingerprint density at radius 2 is 2.07 bits per heavy atom. The van der Waals surface area contributed by atoms with Crippen molar-refractivity contribution in [3.8, 4) is 0 Å². The molecule has 1 unspecified atom stereocenters. The summed E-state index contributed by atoms with van der Waals surface area (Å²) in [6.45, 7) is 4.14. The van der Waals surface area contributed by atoms with Crippen molar-refractivity contribution < 1.29 is 4.79 Å². The molecule has 0 aliphatic heterocycles. The summed E-state index contributed by atoms with van der Waals surface area (Å²) >= 11 is 0. The van der Waals surface area contributed by atoms with Crippen LogP contribution in [0.5, 0.6) is 0 Å². The third kappa shape index (κ3) is 3.29. The predicted octanol–water partition coefficient (Wildman–Crippen LogP) is 1.56. The van der Waals surface area contributed by atoms with Crippen LogP contribution in [0, 0.1) is 0 Å². The molecule has 0 bridgehead atoms. The van der Waals surface area contributed by atoms with Crippen LogP contribution in [-0.2, 0) is 4.79 Å². The van der Waals surface area contributed by atoms with Gasteiger partial charge in [0.15, 0.2) is 0 Å². The number of hydrogen-bond donors (Lipinski definition) is 2. The zero-order chi connectivity index (χ0) is 10.6. The summed E-state index contributed by atoms with van der Waals surface area (Å²) in [5, 5.41) is 3.10. The van der Waals surface area contributed by atoms with Gasteiger partial charge in [0.1, 0.15) is 0 Å². The van der Waals surface area contributed by atoms with E-state index in [4.69, 9.17) is 5.73 Å². The summed E-state index contributed by atoms with van der Waals surface area (Å²) in [5.74, 6) is 0.115. The molecule has 1 atom stereocenters. The maximum atomic E-state index is 11.6. The smallest absolute Gasteiger partial charge is 0.221 e. The number of nitrogens with one attached hydrogen (secondary N) is 1. The number of carbonyl (C=O) groups is 1. The van der Waals surface area contributed by atoms with Gasteiger partial charge in [-0.1, -0.05) is 19.8 Å². The lowest BCUT2D eigenvalue weighted by molar-refractivity contribution is -0.123. The van der Waals surface area contributed by atoms with Crippen LogP contribution >= 0.6 is 0 Å². The van der Waals surface area contributed by atoms with Crippen molar-refractivity contribution in [2.45, 2.75) is 64.0 Å². The first kappa shape index (κ1) is 11.5. The van der Waals surface area contributed by atoms with Gasteiger partial charge in [-0.25, -0.2) is 0 Å². The molecule has 3 heteroatoms. The van der Waals surface area contributed by atoms with E-state index in [1.807, 2.05) is 6.92 Å². The largest absolute Gasteiger partial charge is 0.351 e. The highest BCUT2D eigenvalue weighted by molar-refractivity contribution is 5.77. The van der Waals surface area contributed by atoms with Crippen molar-refractivity contribution in [1.82, 2.24) is 5.32 Å². The third-order valence-corrected chi connectivity index (χ3v) is 3.12. The first-order valence-corrected chi connectivity index (χ1v) is 5.62. The summed E-state index contributed by atoms with van der Waals surface area (Å²) < 4.78 is 0. The fraction of sp³-hybridized carbons (Fsp3) is 0.909. The lowest BCUT2D eigenvalue weighted by atomic mass is 10.00. The van der Waals surface area contributed by atoms with Gasteiger partial charge in [0, 0.05) is 18.0 Å². The molecule has 0 spiro atoms. The molecule has 1 amide bonds. The van der Waals surface area contributed by atoms with Crippen molar-refractivity contribution >= 4 is 5.91 Å². The molecule has 1 rings (SSSR count). The molecule has 1 aliphatic rings. The molecule has 0 aromatic heterocycles. The molecule has 1 fully saturated rings. The van der Waals surface area contributed by atoms with Gasteiger partial charge in [-0.05, 0) is 26.2 Å². The minimum absolute atomic E-state index is 0.0139. The summed E-state index contributed by atoms with van der Waals surface area (Å²) in [6, 6.07) is 0.0139. The Labute approximate surface area is 86.4 Å². The van der Waals surface area contributed by atoms with Crippen molar-refractivity contribution in [3.05, 3.63) is 0 Å². The highest BCUT2D eigenvalue weighted by Gasteiger charge is 2.30. The van der Waals surface area contributed by atoms with E-state index in [1.165, 1.54) is 12.8 Å². The topological polar surface area (TPSA) is 55.1 Å². The fourth-order valence-electron chi connectivity index (χ4n) is 2.05. The van der Waals surface area contributed by atoms with Crippen LogP contribution in [-0.4, -0.2) is 17.5 Å². The van der Waals surface area contributed by atoms with Gasteiger partial charge in [0.25, 0.3) is 0 Å². The molecule has 0 aromatic carbocycles. The van der Waals surface area contributed by atoms with Gasteiger partial charge >= 0.3 is 0 Å². The van der Waals surface area contributed by atoms with Crippen molar-refractivity contribution in [3.63, 3.8) is 0 Å². The fourth-order valence-corrected chi connectivity index (χ4v) is 2.05. The number of rotatable bonds is 4. The Morgan fingerprint density at radius 3 is 2.57 bits per heavy atom. The Hall–Kier alpha value is -0.570. The second kappa shape index (κ2) is 4.78. The molecule has 82 valence electrons. The Balaban J connectivity index is 2.32. The van der Waals surface area contributed by atoms with Gasteiger partial charge in [0.05, 0.1) is 0 Å². The third-order valence-electron chi connectivity index (χ3n) is 3.12. The van der Waals surface area contributed by atoms with Crippen LogP contribution in [0.25, 0.3) is 0 Å². The van der Waals surface area contributed by atoms with E-state index in [9.17, 15) is 4.79 Å². The van der Waals surface area contributed by atoms with Gasteiger partial charge in [-0.2, -0.15) is 0 Å². The van der Waals surface area contributed by atoms with Crippen molar-refractivity contribution in [1.29, 1.82) is 0 Å². The average Bonchev–Trinajstić information content (AvgIpc) is 2.51. The molecule has 0 radical (unpaired) electrons. The van der Waals surface area contributed by atoms with E-state index in [1.54, 1.807) is 0 Å². The molecule has 3 nitrogen and oxygen atoms in total. The van der Waals surface area contributed by atoms with Gasteiger partial charge in [-0.15, -0.1) is 0 Å². The van der Waals surface area contributed by atoms with E-state index in [0.29, 0.717) is 6.42 Å². The Morgan fingerprint density at radius 1 is 1.50 bits per heavy atom. The van der Waals surface area contributed by atoms with Crippen LogP contribution in [0.3, 0.4) is 0 Å². The molecule has 0 aromatic rings. The molecule has 0 heterocycles. The first-order chi connectivity index (χ1) is 6.56. The monoisotopic (exact) mass is 198 g/mol. The number of carbonyl (C=O) groups excluding carboxylic acids is 1. The maximum Gasteiger partial charge on any atom is 0.221 e. The number of amides is 1. The summed E-state index contributed by atoms with van der Waals surface area (Å²) in [6.07, 6.45) is 6.02. The standard InChI is InChI=1S/C11H22N2O/c1-3-9(12)8-10(14)13-11(2)6-4-5-7-11/h9H,3-8,12H2,1-2H3,(H,13,14). The zero-order valence-corrected chi connectivity index (χ0v) is 9.31. The van der Waals surface area contributed by atoms with E-state index in [2.05, 4.69) is 12.2 Å². The summed E-state index contributed by atoms with van der Waals surface area (Å²) in [5.41, 5.74) is 5.78. The molecular formula is C11H22N2O. The van der Waals surface area contributed by atoms with Crippen LogP contribution < -0.4 is 11.1 Å². The number of hydrogen-bond acceptors (Lipinski definition) is 2. The Bertz CT molecular complexity index is 197. The van der Waals surface area contributed by atoms with Crippen LogP contribution in [0.4, 0.5) is 0 Å². The molecule has 3 N–H and O–H groups in total. The van der Waals surface area contributed by atoms with Crippen LogP contribution in [0.2, 0.25) is 0 Å². The van der Waals surface area contributed by atoms with E-state index in [0.717, 1.165) is 19.3 Å². The number of nitrogens with two attached hydrogens (primary N) is 1. The second-order valence-electron chi connectivity index (χ2n) is 4.69. The second-order valence-corrected chi connectivity index (χ2v) is 4.69. The molecule has 14 heavy (non-hydrogen) atoms. The van der Waals surface area contributed by atoms with Crippen molar-refractivity contribution in [2.75, 3.05) is 0 Å². The van der Waals surface area contributed by atoms with Gasteiger partial charge < -0.3 is 11.1 Å². The molecule has 0 saturated heterocycles. The maximum absolute atomic E-state index is 11.6. The van der Waals surface area contributed by atoms with E-state index in [-0.39, 0.29) is 17.5 Å². The highest BCUT2D eigenvalue weighted by atomic mass is 16.1. The predicted molar refractivity (Wildman–Crippen MR) is 57.9 cm³/mol. The molecule has 1 saturated carbocycles. The van der Waals surface area contributed by atoms with Gasteiger partial charge in [-0.3, -0.25) is 4.79 Å². The summed E-state index contributed by atoms with van der Waals surface area (Å²) in [7, 11) is 0. The quantitative estimate of drug-likeness (QED) is 0.720. The van der Waals surface area contributed by atoms with E-state index >= 15 is 0 Å². The lowest BCUT2D eigenvalue weighted by Crippen LogP contribution is -2.45. The van der Waals surface area contributed by atoms with Crippen molar-refractivity contribution in [2.24, 2.45) is 5.73 Å². The Kier molecular flexibility index (Phi) is 3.93. The first-order valence-electron chi connectivity index (χ1n) is 5.62. The minimum atomic E-state index is 0.0139. The molecular weight excluding hydrogens is 176 g/mol. The van der Waals surface area contributed by atoms with Gasteiger partial charge in [0.2, 0.25) is 5.91 Å². The minimum Gasteiger partial charge on any atom is -0.351 e. The highest BCUT2D eigenvalue weighted by Crippen LogP contribution is 2.28. The average molecular weight is 198 g/mol.